The summed E-state index contributed by atoms with van der Waals surface area (Å²) in [6, 6.07) is 3.61. The molecule has 1 saturated heterocycles. The Labute approximate surface area is 129 Å². The van der Waals surface area contributed by atoms with Crippen molar-refractivity contribution in [1.82, 2.24) is 10.6 Å². The molecule has 0 aliphatic carbocycles. The number of amides is 2. The highest BCUT2D eigenvalue weighted by Gasteiger charge is 2.25. The number of ether oxygens (including phenoxy) is 1. The minimum Gasteiger partial charge on any atom is -0.375 e. The van der Waals surface area contributed by atoms with Gasteiger partial charge in [-0.1, -0.05) is 6.07 Å². The van der Waals surface area contributed by atoms with E-state index in [1.807, 2.05) is 13.8 Å². The van der Waals surface area contributed by atoms with Gasteiger partial charge in [0.15, 0.2) is 11.6 Å². The van der Waals surface area contributed by atoms with Gasteiger partial charge in [0.25, 0.3) is 0 Å². The quantitative estimate of drug-likeness (QED) is 0.898. The van der Waals surface area contributed by atoms with Gasteiger partial charge in [-0.2, -0.15) is 0 Å². The predicted molar refractivity (Wildman–Crippen MR) is 79.6 cm³/mol. The van der Waals surface area contributed by atoms with Crippen LogP contribution in [0.5, 0.6) is 0 Å². The molecule has 2 atom stereocenters. The van der Waals surface area contributed by atoms with Crippen LogP contribution in [0.2, 0.25) is 0 Å². The van der Waals surface area contributed by atoms with Crippen molar-refractivity contribution in [2.75, 3.05) is 6.54 Å². The van der Waals surface area contributed by atoms with Crippen molar-refractivity contribution in [3.05, 3.63) is 35.4 Å². The zero-order chi connectivity index (χ0) is 16.1. The van der Waals surface area contributed by atoms with Crippen LogP contribution in [-0.2, 0) is 11.2 Å². The molecule has 0 radical (unpaired) electrons. The summed E-state index contributed by atoms with van der Waals surface area (Å²) >= 11 is 0. The average molecular weight is 312 g/mol. The van der Waals surface area contributed by atoms with E-state index in [1.54, 1.807) is 0 Å². The van der Waals surface area contributed by atoms with Crippen LogP contribution in [0.4, 0.5) is 13.6 Å². The van der Waals surface area contributed by atoms with Crippen LogP contribution >= 0.6 is 0 Å². The van der Waals surface area contributed by atoms with E-state index in [0.29, 0.717) is 18.5 Å². The third-order valence-electron chi connectivity index (χ3n) is 3.72. The Bertz CT molecular complexity index is 515. The maximum atomic E-state index is 13.1. The molecule has 1 aromatic carbocycles. The number of hydrogen-bond donors (Lipinski definition) is 2. The Morgan fingerprint density at radius 2 is 1.91 bits per heavy atom. The van der Waals surface area contributed by atoms with Crippen molar-refractivity contribution >= 4 is 6.03 Å². The van der Waals surface area contributed by atoms with Gasteiger partial charge in [0.1, 0.15) is 0 Å². The van der Waals surface area contributed by atoms with E-state index in [2.05, 4.69) is 10.6 Å². The molecule has 2 N–H and O–H groups in total. The van der Waals surface area contributed by atoms with Gasteiger partial charge in [-0.05, 0) is 50.8 Å². The molecule has 122 valence electrons. The molecule has 1 aromatic rings. The molecule has 22 heavy (non-hydrogen) atoms. The number of benzene rings is 1. The summed E-state index contributed by atoms with van der Waals surface area (Å²) in [4.78, 5) is 11.8. The molecule has 0 spiro atoms. The van der Waals surface area contributed by atoms with Gasteiger partial charge < -0.3 is 15.4 Å². The number of halogens is 2. The second kappa shape index (κ2) is 7.54. The molecule has 2 rings (SSSR count). The fourth-order valence-electron chi connectivity index (χ4n) is 2.78. The topological polar surface area (TPSA) is 50.4 Å². The maximum absolute atomic E-state index is 13.1. The van der Waals surface area contributed by atoms with Crippen molar-refractivity contribution in [2.45, 2.75) is 51.4 Å². The first-order chi connectivity index (χ1) is 10.4. The van der Waals surface area contributed by atoms with E-state index >= 15 is 0 Å². The van der Waals surface area contributed by atoms with Crippen molar-refractivity contribution in [3.63, 3.8) is 0 Å². The van der Waals surface area contributed by atoms with Gasteiger partial charge >= 0.3 is 6.03 Å². The fourth-order valence-corrected chi connectivity index (χ4v) is 2.78. The Balaban J connectivity index is 1.72. The summed E-state index contributed by atoms with van der Waals surface area (Å²) < 4.78 is 31.5. The average Bonchev–Trinajstić information content (AvgIpc) is 2.41. The molecule has 6 heteroatoms. The fraction of sp³-hybridized carbons (Fsp3) is 0.562. The van der Waals surface area contributed by atoms with Crippen molar-refractivity contribution in [2.24, 2.45) is 0 Å². The maximum Gasteiger partial charge on any atom is 0.315 e. The molecular weight excluding hydrogens is 290 g/mol. The summed E-state index contributed by atoms with van der Waals surface area (Å²) in [6.07, 6.45) is 2.31. The summed E-state index contributed by atoms with van der Waals surface area (Å²) in [7, 11) is 0. The van der Waals surface area contributed by atoms with Crippen LogP contribution in [-0.4, -0.2) is 30.8 Å². The first-order valence-electron chi connectivity index (χ1n) is 7.58. The Kier molecular flexibility index (Phi) is 5.71. The third kappa shape index (κ3) is 4.94. The van der Waals surface area contributed by atoms with Gasteiger partial charge in [0.05, 0.1) is 12.2 Å². The monoisotopic (exact) mass is 312 g/mol. The minimum absolute atomic E-state index is 0.0991. The van der Waals surface area contributed by atoms with Gasteiger partial charge in [0, 0.05) is 12.6 Å². The normalized spacial score (nSPS) is 24.8. The minimum atomic E-state index is -0.868. The molecule has 1 aliphatic rings. The molecular formula is C16H22F2N2O2. The number of urea groups is 1. The molecule has 0 aromatic heterocycles. The number of carbonyl (C=O) groups excluding carboxylic acids is 1. The summed E-state index contributed by atoms with van der Waals surface area (Å²) in [5.41, 5.74) is 0.646. The molecule has 1 heterocycles. The lowest BCUT2D eigenvalue weighted by molar-refractivity contribution is -0.0402. The van der Waals surface area contributed by atoms with E-state index in [0.717, 1.165) is 25.0 Å². The zero-order valence-electron chi connectivity index (χ0n) is 12.9. The summed E-state index contributed by atoms with van der Waals surface area (Å²) in [5, 5.41) is 5.66. The number of hydrogen-bond acceptors (Lipinski definition) is 2. The second-order valence-electron chi connectivity index (χ2n) is 5.82. The van der Waals surface area contributed by atoms with Crippen LogP contribution in [0.25, 0.3) is 0 Å². The first-order valence-corrected chi connectivity index (χ1v) is 7.58. The highest BCUT2D eigenvalue weighted by Crippen LogP contribution is 2.18. The highest BCUT2D eigenvalue weighted by atomic mass is 19.2. The van der Waals surface area contributed by atoms with E-state index in [4.69, 9.17) is 4.74 Å². The SMILES string of the molecule is CC1CC(NC(=O)NCCc2ccc(F)c(F)c2)CC(C)O1. The molecule has 1 fully saturated rings. The lowest BCUT2D eigenvalue weighted by Gasteiger charge is -2.32. The van der Waals surface area contributed by atoms with Crippen molar-refractivity contribution in [3.8, 4) is 0 Å². The largest absolute Gasteiger partial charge is 0.375 e. The summed E-state index contributed by atoms with van der Waals surface area (Å²) in [5.74, 6) is -1.73. The summed E-state index contributed by atoms with van der Waals surface area (Å²) in [6.45, 7) is 4.35. The molecule has 2 amide bonds. The number of nitrogens with one attached hydrogen (secondary N) is 2. The Morgan fingerprint density at radius 3 is 2.55 bits per heavy atom. The molecule has 4 nitrogen and oxygen atoms in total. The number of rotatable bonds is 4. The lowest BCUT2D eigenvalue weighted by atomic mass is 10.0. The predicted octanol–water partition coefficient (Wildman–Crippen LogP) is 2.76. The van der Waals surface area contributed by atoms with Gasteiger partial charge in [-0.25, -0.2) is 13.6 Å². The lowest BCUT2D eigenvalue weighted by Crippen LogP contribution is -2.47. The second-order valence-corrected chi connectivity index (χ2v) is 5.82. The van der Waals surface area contributed by atoms with Crippen LogP contribution in [0, 0.1) is 11.6 Å². The standard InChI is InChI=1S/C16H22F2N2O2/c1-10-7-13(8-11(2)22-10)20-16(21)19-6-5-12-3-4-14(17)15(18)9-12/h3-4,9-11,13H,5-8H2,1-2H3,(H2,19,20,21). The van der Waals surface area contributed by atoms with E-state index < -0.39 is 11.6 Å². The number of carbonyl (C=O) groups is 1. The highest BCUT2D eigenvalue weighted by molar-refractivity contribution is 5.74. The van der Waals surface area contributed by atoms with Crippen LogP contribution in [0.1, 0.15) is 32.3 Å². The van der Waals surface area contributed by atoms with Gasteiger partial charge in [-0.15, -0.1) is 0 Å². The van der Waals surface area contributed by atoms with Gasteiger partial charge in [0.2, 0.25) is 0 Å². The molecule has 0 bridgehead atoms. The smallest absolute Gasteiger partial charge is 0.315 e. The molecule has 0 saturated carbocycles. The van der Waals surface area contributed by atoms with Crippen LogP contribution < -0.4 is 10.6 Å². The van der Waals surface area contributed by atoms with E-state index in [1.165, 1.54) is 6.07 Å². The van der Waals surface area contributed by atoms with Crippen molar-refractivity contribution < 1.29 is 18.3 Å². The van der Waals surface area contributed by atoms with E-state index in [-0.39, 0.29) is 24.3 Å². The Morgan fingerprint density at radius 1 is 1.23 bits per heavy atom. The van der Waals surface area contributed by atoms with Crippen LogP contribution in [0.15, 0.2) is 18.2 Å². The van der Waals surface area contributed by atoms with Crippen molar-refractivity contribution in [1.29, 1.82) is 0 Å². The first kappa shape index (κ1) is 16.7. The zero-order valence-corrected chi connectivity index (χ0v) is 12.9. The van der Waals surface area contributed by atoms with E-state index in [9.17, 15) is 13.6 Å². The molecule has 2 unspecified atom stereocenters. The van der Waals surface area contributed by atoms with Gasteiger partial charge in [-0.3, -0.25) is 0 Å². The third-order valence-corrected chi connectivity index (χ3v) is 3.72. The van der Waals surface area contributed by atoms with Crippen LogP contribution in [0.3, 0.4) is 0 Å². The molecule has 1 aliphatic heterocycles. The Hall–Kier alpha value is -1.69.